The van der Waals surface area contributed by atoms with Gasteiger partial charge in [0.05, 0.1) is 54.9 Å². The minimum Gasteiger partial charge on any atom is -0.459 e. The predicted octanol–water partition coefficient (Wildman–Crippen LogP) is 9.89. The molecule has 0 aromatic rings. The lowest BCUT2D eigenvalue weighted by molar-refractivity contribution is -0.303. The van der Waals surface area contributed by atoms with Crippen LogP contribution in [0.25, 0.3) is 0 Å². The Labute approximate surface area is 371 Å². The average molecular weight is 869 g/mol. The molecule has 11 nitrogen and oxygen atoms in total. The molecule has 0 radical (unpaired) electrons. The molecule has 0 aromatic heterocycles. The fourth-order valence-electron chi connectivity index (χ4n) is 9.65. The predicted molar refractivity (Wildman–Crippen MR) is 241 cm³/mol. The van der Waals surface area contributed by atoms with Gasteiger partial charge in [-0.2, -0.15) is 0 Å². The number of hydrogen-bond acceptors (Lipinski definition) is 11. The van der Waals surface area contributed by atoms with Crippen molar-refractivity contribution < 1.29 is 54.0 Å². The summed E-state index contributed by atoms with van der Waals surface area (Å²) >= 11 is 0. The fraction of sp³-hybridized carbons (Fsp3) is 0.940. The van der Waals surface area contributed by atoms with Gasteiger partial charge in [-0.05, 0) is 181 Å². The molecule has 3 aliphatic rings. The van der Waals surface area contributed by atoms with Gasteiger partial charge >= 0.3 is 5.97 Å². The highest BCUT2D eigenvalue weighted by atomic mass is 16.7. The number of ether oxygens (including phenoxy) is 5. The number of allylic oxidation sites excluding steroid dienone is 1. The molecule has 0 aromatic carbocycles. The van der Waals surface area contributed by atoms with E-state index in [0.29, 0.717) is 77.0 Å². The smallest absolute Gasteiger partial charge is 0.330 e. The minimum atomic E-state index is -0.744. The summed E-state index contributed by atoms with van der Waals surface area (Å²) in [4.78, 5) is 13.0. The van der Waals surface area contributed by atoms with Crippen LogP contribution in [0.3, 0.4) is 0 Å². The van der Waals surface area contributed by atoms with Crippen LogP contribution in [0, 0.1) is 5.41 Å². The molecule has 3 heterocycles. The van der Waals surface area contributed by atoms with E-state index in [0.717, 1.165) is 95.5 Å². The van der Waals surface area contributed by atoms with Crippen molar-refractivity contribution >= 4 is 5.97 Å². The number of fused-ring (bicyclic) bond motifs is 4. The number of carbonyl (C=O) groups excluding carboxylic acids is 1. The van der Waals surface area contributed by atoms with E-state index in [1.54, 1.807) is 6.08 Å². The first kappa shape index (κ1) is 54.2. The SMILES string of the molecule is C/C1=C/C(=O)O[C@H](C(C)(C)C)CCC[C@H](O)CCC[C@H](O)CCC[C@H](O)CCC[C@@H]2C[C@H](C[C@H](O)CCC[C@@H](O)CCC[C@@H]3C[C@H](CCCCC1)OC(C)(C)O3)OC(C)(C)O2. The third-order valence-electron chi connectivity index (χ3n) is 12.9. The largest absolute Gasteiger partial charge is 0.459 e. The van der Waals surface area contributed by atoms with Gasteiger partial charge in [-0.15, -0.1) is 0 Å². The van der Waals surface area contributed by atoms with E-state index in [9.17, 15) is 30.3 Å². The molecule has 3 rings (SSSR count). The summed E-state index contributed by atoms with van der Waals surface area (Å²) in [6.07, 6.45) is 19.0. The molecule has 11 heteroatoms. The zero-order valence-corrected chi connectivity index (χ0v) is 39.9. The van der Waals surface area contributed by atoms with Crippen LogP contribution >= 0.6 is 0 Å². The molecule has 2 saturated heterocycles. The Hall–Kier alpha value is -1.15. The minimum absolute atomic E-state index is 0.00751. The van der Waals surface area contributed by atoms with Crippen molar-refractivity contribution in [3.63, 3.8) is 0 Å². The highest BCUT2D eigenvalue weighted by Crippen LogP contribution is 2.34. The molecule has 61 heavy (non-hydrogen) atoms. The Morgan fingerprint density at radius 2 is 0.836 bits per heavy atom. The molecule has 0 aliphatic carbocycles. The maximum Gasteiger partial charge on any atom is 0.330 e. The second kappa shape index (κ2) is 27.4. The summed E-state index contributed by atoms with van der Waals surface area (Å²) in [5, 5.41) is 53.7. The van der Waals surface area contributed by atoms with Gasteiger partial charge in [-0.3, -0.25) is 0 Å². The molecule has 0 unspecified atom stereocenters. The van der Waals surface area contributed by atoms with Gasteiger partial charge in [0.2, 0.25) is 0 Å². The van der Waals surface area contributed by atoms with Crippen molar-refractivity contribution in [3.05, 3.63) is 11.6 Å². The summed E-state index contributed by atoms with van der Waals surface area (Å²) < 4.78 is 31.0. The summed E-state index contributed by atoms with van der Waals surface area (Å²) in [5.41, 5.74) is 0.794. The number of hydrogen-bond donors (Lipinski definition) is 5. The van der Waals surface area contributed by atoms with Crippen LogP contribution in [0.4, 0.5) is 0 Å². The van der Waals surface area contributed by atoms with Gasteiger partial charge < -0.3 is 49.2 Å². The van der Waals surface area contributed by atoms with E-state index in [2.05, 4.69) is 20.8 Å². The lowest BCUT2D eigenvalue weighted by Crippen LogP contribution is -2.45. The number of cyclic esters (lactones) is 1. The van der Waals surface area contributed by atoms with Crippen LogP contribution in [0.2, 0.25) is 0 Å². The first-order valence-corrected chi connectivity index (χ1v) is 24.7. The standard InChI is InChI=1S/C50H92O11/c1-36-18-10-9-11-28-42-34-43(59-49(5,6)58-42)29-15-24-39(53)23-14-27-41(55)33-45-35-44(60-50(7,8)61-45)30-16-25-38(52)21-12-19-37(51)20-13-22-40(54)26-17-31-46(48(2,3)4)57-47(56)32-36/h32,37-46,51-55H,9-31,33-35H2,1-8H3/b36-32-/t37-,38+,39-,40-,41-,42+,43-,44-,45+,46+/m1/s1. The van der Waals surface area contributed by atoms with Gasteiger partial charge in [0.1, 0.15) is 6.10 Å². The topological polar surface area (TPSA) is 164 Å². The maximum absolute atomic E-state index is 13.0. The van der Waals surface area contributed by atoms with Gasteiger partial charge in [-0.25, -0.2) is 4.79 Å². The number of esters is 1. The van der Waals surface area contributed by atoms with Crippen LogP contribution < -0.4 is 0 Å². The summed E-state index contributed by atoms with van der Waals surface area (Å²) in [7, 11) is 0. The number of carbonyl (C=O) groups is 1. The van der Waals surface area contributed by atoms with Gasteiger partial charge in [0.15, 0.2) is 11.6 Å². The number of aliphatic hydroxyl groups excluding tert-OH is 5. The average Bonchev–Trinajstić information content (AvgIpc) is 3.12. The molecule has 0 spiro atoms. The zero-order chi connectivity index (χ0) is 45.1. The van der Waals surface area contributed by atoms with E-state index >= 15 is 0 Å². The van der Waals surface area contributed by atoms with E-state index in [1.165, 1.54) is 0 Å². The molecule has 0 saturated carbocycles. The molecule has 358 valence electrons. The molecule has 4 bridgehead atoms. The molecular weight excluding hydrogens is 777 g/mol. The quantitative estimate of drug-likeness (QED) is 0.147. The molecule has 0 amide bonds. The van der Waals surface area contributed by atoms with Gasteiger partial charge in [0, 0.05) is 18.9 Å². The van der Waals surface area contributed by atoms with Crippen molar-refractivity contribution in [2.45, 2.75) is 295 Å². The van der Waals surface area contributed by atoms with Crippen molar-refractivity contribution in [2.24, 2.45) is 5.41 Å². The lowest BCUT2D eigenvalue weighted by Gasteiger charge is -2.41. The Kier molecular flexibility index (Phi) is 24.3. The van der Waals surface area contributed by atoms with Crippen LogP contribution in [0.15, 0.2) is 11.6 Å². The Morgan fingerprint density at radius 1 is 0.475 bits per heavy atom. The Balaban J connectivity index is 1.54. The molecule has 3 aliphatic heterocycles. The van der Waals surface area contributed by atoms with Crippen molar-refractivity contribution in [1.29, 1.82) is 0 Å². The van der Waals surface area contributed by atoms with E-state index in [4.69, 9.17) is 23.7 Å². The Morgan fingerprint density at radius 3 is 1.28 bits per heavy atom. The van der Waals surface area contributed by atoms with Crippen LogP contribution in [-0.4, -0.2) is 104 Å². The highest BCUT2D eigenvalue weighted by Gasteiger charge is 2.37. The van der Waals surface area contributed by atoms with Crippen LogP contribution in [-0.2, 0) is 28.5 Å². The summed E-state index contributed by atoms with van der Waals surface area (Å²) in [5.74, 6) is -1.69. The summed E-state index contributed by atoms with van der Waals surface area (Å²) in [6.45, 7) is 16.1. The fourth-order valence-corrected chi connectivity index (χ4v) is 9.65. The van der Waals surface area contributed by atoms with Crippen molar-refractivity contribution in [2.75, 3.05) is 0 Å². The first-order chi connectivity index (χ1) is 28.7. The van der Waals surface area contributed by atoms with E-state index in [-0.39, 0.29) is 41.9 Å². The molecule has 10 atom stereocenters. The molecule has 5 N–H and O–H groups in total. The zero-order valence-electron chi connectivity index (χ0n) is 39.9. The van der Waals surface area contributed by atoms with E-state index < -0.39 is 42.1 Å². The van der Waals surface area contributed by atoms with Crippen molar-refractivity contribution in [1.82, 2.24) is 0 Å². The first-order valence-electron chi connectivity index (χ1n) is 24.7. The van der Waals surface area contributed by atoms with Gasteiger partial charge in [0.25, 0.3) is 0 Å². The number of rotatable bonds is 0. The summed E-state index contributed by atoms with van der Waals surface area (Å²) in [6, 6.07) is 0. The maximum atomic E-state index is 13.0. The van der Waals surface area contributed by atoms with Crippen LogP contribution in [0.5, 0.6) is 0 Å². The molecule has 2 fully saturated rings. The third-order valence-corrected chi connectivity index (χ3v) is 12.9. The van der Waals surface area contributed by atoms with E-state index in [1.807, 2.05) is 34.6 Å². The second-order valence-electron chi connectivity index (χ2n) is 21.2. The van der Waals surface area contributed by atoms with Crippen LogP contribution in [0.1, 0.15) is 222 Å². The van der Waals surface area contributed by atoms with Gasteiger partial charge in [-0.1, -0.05) is 39.2 Å². The number of aliphatic hydroxyl groups is 5. The molecular formula is C50H92O11. The van der Waals surface area contributed by atoms with Crippen molar-refractivity contribution in [3.8, 4) is 0 Å². The lowest BCUT2D eigenvalue weighted by atomic mass is 9.85. The normalized spacial score (nSPS) is 36.7. The third kappa shape index (κ3) is 24.1. The monoisotopic (exact) mass is 869 g/mol. The second-order valence-corrected chi connectivity index (χ2v) is 21.2. The highest BCUT2D eigenvalue weighted by molar-refractivity contribution is 5.82. The Bertz CT molecular complexity index is 1230.